The first-order valence-electron chi connectivity index (χ1n) is 9.87. The van der Waals surface area contributed by atoms with Gasteiger partial charge in [0, 0.05) is 12.5 Å². The maximum absolute atomic E-state index is 12.6. The Morgan fingerprint density at radius 2 is 1.73 bits per heavy atom. The fourth-order valence-electron chi connectivity index (χ4n) is 3.49. The molecule has 144 valence electrons. The predicted molar refractivity (Wildman–Crippen MR) is 105 cm³/mol. The Morgan fingerprint density at radius 1 is 1.12 bits per heavy atom. The van der Waals surface area contributed by atoms with Crippen LogP contribution in [0.5, 0.6) is 0 Å². The summed E-state index contributed by atoms with van der Waals surface area (Å²) in [5.74, 6) is 0.277. The van der Waals surface area contributed by atoms with Crippen molar-refractivity contribution < 1.29 is 9.59 Å². The molecule has 26 heavy (non-hydrogen) atoms. The highest BCUT2D eigenvalue weighted by Gasteiger charge is 2.29. The number of nitrogens with one attached hydrogen (secondary N) is 2. The molecule has 5 heteroatoms. The molecule has 0 spiro atoms. The molecule has 2 unspecified atom stereocenters. The molecule has 1 aliphatic rings. The highest BCUT2D eigenvalue weighted by molar-refractivity contribution is 5.82. The third kappa shape index (κ3) is 5.31. The lowest BCUT2D eigenvalue weighted by Gasteiger charge is -2.35. The number of hydrogen-bond donors (Lipinski definition) is 2. The van der Waals surface area contributed by atoms with Gasteiger partial charge in [-0.05, 0) is 64.3 Å². The normalized spacial score (nSPS) is 18.2. The highest BCUT2D eigenvalue weighted by atomic mass is 16.2. The van der Waals surface area contributed by atoms with Crippen molar-refractivity contribution in [1.29, 1.82) is 0 Å². The van der Waals surface area contributed by atoms with Crippen molar-refractivity contribution in [2.75, 3.05) is 19.6 Å². The second-order valence-electron chi connectivity index (χ2n) is 7.21. The summed E-state index contributed by atoms with van der Waals surface area (Å²) in [7, 11) is 0. The van der Waals surface area contributed by atoms with Crippen molar-refractivity contribution in [3.05, 3.63) is 35.4 Å². The van der Waals surface area contributed by atoms with Gasteiger partial charge in [-0.2, -0.15) is 0 Å². The van der Waals surface area contributed by atoms with Crippen molar-refractivity contribution in [2.45, 2.75) is 59.0 Å². The van der Waals surface area contributed by atoms with Crippen LogP contribution in [0.4, 0.5) is 0 Å². The first-order valence-corrected chi connectivity index (χ1v) is 9.87. The van der Waals surface area contributed by atoms with Crippen LogP contribution in [0.3, 0.4) is 0 Å². The molecule has 5 nitrogen and oxygen atoms in total. The van der Waals surface area contributed by atoms with Crippen molar-refractivity contribution in [1.82, 2.24) is 15.5 Å². The van der Waals surface area contributed by atoms with Gasteiger partial charge in [-0.1, -0.05) is 31.2 Å². The van der Waals surface area contributed by atoms with Gasteiger partial charge in [-0.25, -0.2) is 0 Å². The number of carbonyl (C=O) groups is 2. The molecule has 1 aromatic carbocycles. The molecule has 0 bridgehead atoms. The van der Waals surface area contributed by atoms with Crippen molar-refractivity contribution >= 4 is 11.8 Å². The van der Waals surface area contributed by atoms with Crippen LogP contribution in [0.25, 0.3) is 0 Å². The first kappa shape index (κ1) is 20.4. The van der Waals surface area contributed by atoms with Crippen molar-refractivity contribution in [2.24, 2.45) is 5.92 Å². The number of piperidine rings is 1. The quantitative estimate of drug-likeness (QED) is 0.787. The second-order valence-corrected chi connectivity index (χ2v) is 7.21. The van der Waals surface area contributed by atoms with Crippen LogP contribution in [0.2, 0.25) is 0 Å². The van der Waals surface area contributed by atoms with Crippen LogP contribution in [-0.4, -0.2) is 42.4 Å². The number of aryl methyl sites for hydroxylation is 1. The van der Waals surface area contributed by atoms with Crippen molar-refractivity contribution in [3.63, 3.8) is 0 Å². The van der Waals surface area contributed by atoms with Gasteiger partial charge in [-0.3, -0.25) is 14.5 Å². The van der Waals surface area contributed by atoms with E-state index in [9.17, 15) is 9.59 Å². The number of benzene rings is 1. The lowest BCUT2D eigenvalue weighted by Crippen LogP contribution is -2.50. The molecule has 1 aliphatic heterocycles. The summed E-state index contributed by atoms with van der Waals surface area (Å²) < 4.78 is 0. The van der Waals surface area contributed by atoms with Gasteiger partial charge >= 0.3 is 0 Å². The zero-order chi connectivity index (χ0) is 19.1. The summed E-state index contributed by atoms with van der Waals surface area (Å²) in [5.41, 5.74) is 2.42. The molecule has 2 N–H and O–H groups in total. The molecule has 1 heterocycles. The minimum atomic E-state index is -0.178. The summed E-state index contributed by atoms with van der Waals surface area (Å²) in [4.78, 5) is 26.8. The zero-order valence-electron chi connectivity index (χ0n) is 16.5. The van der Waals surface area contributed by atoms with Gasteiger partial charge < -0.3 is 10.6 Å². The minimum absolute atomic E-state index is 0.0104. The number of amides is 2. The Morgan fingerprint density at radius 3 is 2.27 bits per heavy atom. The summed E-state index contributed by atoms with van der Waals surface area (Å²) in [6, 6.07) is 8.23. The molecule has 2 atom stereocenters. The van der Waals surface area contributed by atoms with Gasteiger partial charge in [0.15, 0.2) is 0 Å². The van der Waals surface area contributed by atoms with Crippen LogP contribution in [-0.2, 0) is 16.0 Å². The molecule has 2 rings (SSSR count). The molecule has 0 aromatic heterocycles. The Bertz CT molecular complexity index is 592. The summed E-state index contributed by atoms with van der Waals surface area (Å²) in [5, 5.41) is 6.02. The topological polar surface area (TPSA) is 61.4 Å². The Hall–Kier alpha value is -1.88. The largest absolute Gasteiger partial charge is 0.356 e. The van der Waals surface area contributed by atoms with Gasteiger partial charge in [0.1, 0.15) is 0 Å². The van der Waals surface area contributed by atoms with Gasteiger partial charge in [0.05, 0.1) is 12.1 Å². The fourth-order valence-corrected chi connectivity index (χ4v) is 3.49. The van der Waals surface area contributed by atoms with Crippen LogP contribution < -0.4 is 10.6 Å². The SMILES string of the molecule is CCNC(=O)C1CCN(C(C)C(=O)NC(C)c2ccc(CC)cc2)CC1. The van der Waals surface area contributed by atoms with E-state index in [1.165, 1.54) is 5.56 Å². The standard InChI is InChI=1S/C21H33N3O2/c1-5-17-7-9-18(10-8-17)15(3)23-20(25)16(4)24-13-11-19(12-14-24)21(26)22-6-2/h7-10,15-16,19H,5-6,11-14H2,1-4H3,(H,22,26)(H,23,25). The summed E-state index contributed by atoms with van der Waals surface area (Å²) >= 11 is 0. The third-order valence-corrected chi connectivity index (χ3v) is 5.43. The van der Waals surface area contributed by atoms with E-state index in [-0.39, 0.29) is 29.8 Å². The third-order valence-electron chi connectivity index (χ3n) is 5.43. The average Bonchev–Trinajstić information content (AvgIpc) is 2.67. The molecule has 0 aliphatic carbocycles. The second kappa shape index (κ2) is 9.72. The lowest BCUT2D eigenvalue weighted by molar-refractivity contribution is -0.128. The van der Waals surface area contributed by atoms with Crippen molar-refractivity contribution in [3.8, 4) is 0 Å². The predicted octanol–water partition coefficient (Wildman–Crippen LogP) is 2.66. The molecule has 1 fully saturated rings. The molecular weight excluding hydrogens is 326 g/mol. The smallest absolute Gasteiger partial charge is 0.237 e. The van der Waals surface area contributed by atoms with E-state index in [0.717, 1.165) is 37.9 Å². The van der Waals surface area contributed by atoms with E-state index in [1.54, 1.807) is 0 Å². The van der Waals surface area contributed by atoms with E-state index < -0.39 is 0 Å². The summed E-state index contributed by atoms with van der Waals surface area (Å²) in [6.45, 7) is 10.3. The van der Waals surface area contributed by atoms with Gasteiger partial charge in [-0.15, -0.1) is 0 Å². The number of rotatable bonds is 7. The number of likely N-dealkylation sites (tertiary alicyclic amines) is 1. The molecule has 0 saturated carbocycles. The van der Waals surface area contributed by atoms with Crippen LogP contribution in [0.1, 0.15) is 57.7 Å². The molecule has 1 saturated heterocycles. The van der Waals surface area contributed by atoms with E-state index in [4.69, 9.17) is 0 Å². The Balaban J connectivity index is 1.84. The molecule has 2 amide bonds. The van der Waals surface area contributed by atoms with E-state index in [2.05, 4.69) is 46.7 Å². The Labute approximate surface area is 157 Å². The monoisotopic (exact) mass is 359 g/mol. The van der Waals surface area contributed by atoms with Gasteiger partial charge in [0.2, 0.25) is 11.8 Å². The first-order chi connectivity index (χ1) is 12.5. The summed E-state index contributed by atoms with van der Waals surface area (Å²) in [6.07, 6.45) is 2.65. The number of carbonyl (C=O) groups excluding carboxylic acids is 2. The van der Waals surface area contributed by atoms with E-state index in [0.29, 0.717) is 6.54 Å². The van der Waals surface area contributed by atoms with E-state index >= 15 is 0 Å². The highest BCUT2D eigenvalue weighted by Crippen LogP contribution is 2.20. The lowest BCUT2D eigenvalue weighted by atomic mass is 9.95. The van der Waals surface area contributed by atoms with Crippen LogP contribution >= 0.6 is 0 Å². The zero-order valence-corrected chi connectivity index (χ0v) is 16.5. The minimum Gasteiger partial charge on any atom is -0.356 e. The molecular formula is C21H33N3O2. The molecule has 1 aromatic rings. The van der Waals surface area contributed by atoms with Crippen LogP contribution in [0, 0.1) is 5.92 Å². The molecule has 0 radical (unpaired) electrons. The number of nitrogens with zero attached hydrogens (tertiary/aromatic N) is 1. The van der Waals surface area contributed by atoms with Crippen LogP contribution in [0.15, 0.2) is 24.3 Å². The fraction of sp³-hybridized carbons (Fsp3) is 0.619. The van der Waals surface area contributed by atoms with Gasteiger partial charge in [0.25, 0.3) is 0 Å². The maximum Gasteiger partial charge on any atom is 0.237 e. The number of hydrogen-bond acceptors (Lipinski definition) is 3. The maximum atomic E-state index is 12.6. The Kier molecular flexibility index (Phi) is 7.64. The average molecular weight is 360 g/mol. The van der Waals surface area contributed by atoms with E-state index in [1.807, 2.05) is 20.8 Å².